The molecule has 2 heterocycles. The molecule has 0 aromatic heterocycles. The lowest BCUT2D eigenvalue weighted by molar-refractivity contribution is 0.348. The first kappa shape index (κ1) is 12.4. The highest BCUT2D eigenvalue weighted by Gasteiger charge is 2.39. The van der Waals surface area contributed by atoms with Crippen molar-refractivity contribution in [3.8, 4) is 17.2 Å². The second-order valence-corrected chi connectivity index (χ2v) is 6.46. The van der Waals surface area contributed by atoms with E-state index in [1.54, 1.807) is 0 Å². The van der Waals surface area contributed by atoms with Crippen LogP contribution in [-0.2, 0) is 0 Å². The molecule has 0 bridgehead atoms. The van der Waals surface area contributed by atoms with Crippen LogP contribution in [0.4, 0.5) is 11.4 Å². The number of para-hydroxylation sites is 2. The standard InChI is InChI=1S/C18H12BrNO2/c19-11-9-16-18-17(10-11)22-15-8-4-2-6-13(15)20(18)12-5-1-3-7-14(12)21-16/h1-5,7-10,13H,6H2. The first-order chi connectivity index (χ1) is 10.8. The fraction of sp³-hybridized carbons (Fsp3) is 0.111. The average molecular weight is 354 g/mol. The van der Waals surface area contributed by atoms with Gasteiger partial charge in [0.1, 0.15) is 11.4 Å². The van der Waals surface area contributed by atoms with Crippen molar-refractivity contribution in [3.63, 3.8) is 0 Å². The fourth-order valence-corrected chi connectivity index (χ4v) is 3.72. The molecule has 3 aliphatic rings. The highest BCUT2D eigenvalue weighted by molar-refractivity contribution is 9.10. The van der Waals surface area contributed by atoms with E-state index in [1.807, 2.05) is 30.3 Å². The molecular formula is C18H12BrNO2. The third-order valence-corrected chi connectivity index (χ3v) is 4.67. The van der Waals surface area contributed by atoms with E-state index in [-0.39, 0.29) is 6.04 Å². The van der Waals surface area contributed by atoms with Crippen LogP contribution < -0.4 is 14.4 Å². The first-order valence-electron chi connectivity index (χ1n) is 7.25. The minimum Gasteiger partial charge on any atom is -0.457 e. The summed E-state index contributed by atoms with van der Waals surface area (Å²) in [4.78, 5) is 2.34. The Morgan fingerprint density at radius 1 is 1.05 bits per heavy atom. The van der Waals surface area contributed by atoms with Crippen molar-refractivity contribution in [2.75, 3.05) is 4.90 Å². The monoisotopic (exact) mass is 353 g/mol. The predicted octanol–water partition coefficient (Wildman–Crippen LogP) is 5.30. The van der Waals surface area contributed by atoms with E-state index in [9.17, 15) is 0 Å². The van der Waals surface area contributed by atoms with Crippen LogP contribution in [0.2, 0.25) is 0 Å². The lowest BCUT2D eigenvalue weighted by atomic mass is 9.99. The van der Waals surface area contributed by atoms with Gasteiger partial charge in [0.2, 0.25) is 0 Å². The molecule has 5 rings (SSSR count). The van der Waals surface area contributed by atoms with Gasteiger partial charge in [0, 0.05) is 4.47 Å². The van der Waals surface area contributed by atoms with E-state index in [2.05, 4.69) is 45.1 Å². The molecule has 2 aromatic rings. The van der Waals surface area contributed by atoms with Gasteiger partial charge in [-0.05, 0) is 36.8 Å². The second-order valence-electron chi connectivity index (χ2n) is 5.54. The van der Waals surface area contributed by atoms with Crippen LogP contribution in [0.15, 0.2) is 64.9 Å². The van der Waals surface area contributed by atoms with E-state index < -0.39 is 0 Å². The fourth-order valence-electron chi connectivity index (χ4n) is 3.31. The summed E-state index contributed by atoms with van der Waals surface area (Å²) in [5.74, 6) is 3.53. The summed E-state index contributed by atoms with van der Waals surface area (Å²) < 4.78 is 13.2. The summed E-state index contributed by atoms with van der Waals surface area (Å²) in [6.45, 7) is 0. The maximum absolute atomic E-state index is 6.14. The van der Waals surface area contributed by atoms with Crippen molar-refractivity contribution in [2.45, 2.75) is 12.5 Å². The zero-order valence-corrected chi connectivity index (χ0v) is 13.2. The molecule has 0 amide bonds. The van der Waals surface area contributed by atoms with Gasteiger partial charge in [-0.1, -0.05) is 40.2 Å². The number of anilines is 2. The lowest BCUT2D eigenvalue weighted by Gasteiger charge is -2.43. The topological polar surface area (TPSA) is 21.7 Å². The first-order valence-corrected chi connectivity index (χ1v) is 8.05. The Balaban J connectivity index is 1.82. The van der Waals surface area contributed by atoms with Crippen molar-refractivity contribution in [3.05, 3.63) is 64.9 Å². The Kier molecular flexibility index (Phi) is 2.47. The Morgan fingerprint density at radius 3 is 2.77 bits per heavy atom. The second kappa shape index (κ2) is 4.40. The summed E-state index contributed by atoms with van der Waals surface area (Å²) in [5.41, 5.74) is 2.10. The maximum Gasteiger partial charge on any atom is 0.156 e. The molecule has 22 heavy (non-hydrogen) atoms. The SMILES string of the molecule is Brc1cc2c3c(c1)Oc1ccccc1N3C1CC=CC=C1O2. The lowest BCUT2D eigenvalue weighted by Crippen LogP contribution is -2.40. The Labute approximate surface area is 136 Å². The number of hydrogen-bond acceptors (Lipinski definition) is 3. The molecule has 0 saturated carbocycles. The van der Waals surface area contributed by atoms with Crippen LogP contribution >= 0.6 is 15.9 Å². The van der Waals surface area contributed by atoms with Gasteiger partial charge < -0.3 is 14.4 Å². The van der Waals surface area contributed by atoms with Gasteiger partial charge >= 0.3 is 0 Å². The van der Waals surface area contributed by atoms with Crippen LogP contribution in [0.3, 0.4) is 0 Å². The Hall–Kier alpha value is -2.20. The van der Waals surface area contributed by atoms with Crippen molar-refractivity contribution < 1.29 is 9.47 Å². The number of rotatable bonds is 0. The van der Waals surface area contributed by atoms with Gasteiger partial charge in [-0.15, -0.1) is 0 Å². The molecular weight excluding hydrogens is 342 g/mol. The summed E-state index contributed by atoms with van der Waals surface area (Å²) in [6, 6.07) is 12.3. The number of nitrogens with zero attached hydrogens (tertiary/aromatic N) is 1. The Morgan fingerprint density at radius 2 is 1.86 bits per heavy atom. The van der Waals surface area contributed by atoms with Crippen LogP contribution in [0.1, 0.15) is 6.42 Å². The van der Waals surface area contributed by atoms with Crippen molar-refractivity contribution in [1.82, 2.24) is 0 Å². The quantitative estimate of drug-likeness (QED) is 0.641. The normalized spacial score (nSPS) is 20.1. The number of ether oxygens (including phenoxy) is 2. The van der Waals surface area contributed by atoms with Crippen molar-refractivity contribution in [1.29, 1.82) is 0 Å². The molecule has 1 aliphatic carbocycles. The molecule has 0 spiro atoms. The van der Waals surface area contributed by atoms with E-state index in [0.29, 0.717) is 0 Å². The number of halogens is 1. The molecule has 1 atom stereocenters. The van der Waals surface area contributed by atoms with E-state index in [4.69, 9.17) is 9.47 Å². The molecule has 3 nitrogen and oxygen atoms in total. The summed E-state index contributed by atoms with van der Waals surface area (Å²) >= 11 is 3.54. The van der Waals surface area contributed by atoms with Crippen LogP contribution in [0.25, 0.3) is 0 Å². The highest BCUT2D eigenvalue weighted by Crippen LogP contribution is 2.56. The minimum atomic E-state index is 0.183. The highest BCUT2D eigenvalue weighted by atomic mass is 79.9. The van der Waals surface area contributed by atoms with Crippen LogP contribution in [0.5, 0.6) is 17.2 Å². The van der Waals surface area contributed by atoms with E-state index in [0.717, 1.165) is 45.3 Å². The maximum atomic E-state index is 6.14. The number of benzene rings is 2. The zero-order chi connectivity index (χ0) is 14.7. The van der Waals surface area contributed by atoms with Crippen molar-refractivity contribution in [2.24, 2.45) is 0 Å². The number of fused-ring (bicyclic) bond motifs is 4. The van der Waals surface area contributed by atoms with E-state index >= 15 is 0 Å². The molecule has 0 N–H and O–H groups in total. The molecule has 0 radical (unpaired) electrons. The number of allylic oxidation sites excluding steroid dienone is 2. The summed E-state index contributed by atoms with van der Waals surface area (Å²) in [7, 11) is 0. The molecule has 4 heteroatoms. The minimum absolute atomic E-state index is 0.183. The van der Waals surface area contributed by atoms with Gasteiger partial charge in [0.15, 0.2) is 17.2 Å². The smallest absolute Gasteiger partial charge is 0.156 e. The van der Waals surface area contributed by atoms with Crippen LogP contribution in [0, 0.1) is 0 Å². The van der Waals surface area contributed by atoms with Gasteiger partial charge in [-0.25, -0.2) is 0 Å². The third kappa shape index (κ3) is 1.61. The zero-order valence-electron chi connectivity index (χ0n) is 11.6. The summed E-state index contributed by atoms with van der Waals surface area (Å²) in [5, 5.41) is 0. The molecule has 2 aromatic carbocycles. The third-order valence-electron chi connectivity index (χ3n) is 4.21. The molecule has 2 aliphatic heterocycles. The Bertz CT molecular complexity index is 856. The van der Waals surface area contributed by atoms with Gasteiger partial charge in [-0.3, -0.25) is 0 Å². The molecule has 1 unspecified atom stereocenters. The molecule has 0 saturated heterocycles. The number of hydrogen-bond donors (Lipinski definition) is 0. The van der Waals surface area contributed by atoms with Crippen molar-refractivity contribution >= 4 is 27.3 Å². The molecule has 0 fully saturated rings. The average Bonchev–Trinajstić information content (AvgIpc) is 2.54. The van der Waals surface area contributed by atoms with Gasteiger partial charge in [0.05, 0.1) is 11.7 Å². The van der Waals surface area contributed by atoms with Crippen LogP contribution in [-0.4, -0.2) is 6.04 Å². The largest absolute Gasteiger partial charge is 0.457 e. The summed E-state index contributed by atoms with van der Waals surface area (Å²) in [6.07, 6.45) is 7.21. The van der Waals surface area contributed by atoms with Gasteiger partial charge in [-0.2, -0.15) is 0 Å². The van der Waals surface area contributed by atoms with E-state index in [1.165, 1.54) is 0 Å². The van der Waals surface area contributed by atoms with Gasteiger partial charge in [0.25, 0.3) is 0 Å². The predicted molar refractivity (Wildman–Crippen MR) is 89.1 cm³/mol. The molecule has 108 valence electrons.